The van der Waals surface area contributed by atoms with Gasteiger partial charge in [0.05, 0.1) is 9.88 Å². The zero-order valence-corrected chi connectivity index (χ0v) is 15.4. The first-order valence-corrected chi connectivity index (χ1v) is 9.34. The molecule has 1 aromatic heterocycles. The summed E-state index contributed by atoms with van der Waals surface area (Å²) in [6.07, 6.45) is 0.997. The van der Waals surface area contributed by atoms with Crippen LogP contribution in [-0.2, 0) is 4.79 Å². The Hall–Kier alpha value is -2.21. The van der Waals surface area contributed by atoms with Crippen molar-refractivity contribution in [2.24, 2.45) is 17.6 Å². The van der Waals surface area contributed by atoms with Crippen LogP contribution in [0.3, 0.4) is 0 Å². The fourth-order valence-corrected chi connectivity index (χ4v) is 5.00. The molecule has 0 bridgehead atoms. The first-order valence-electron chi connectivity index (χ1n) is 8.52. The van der Waals surface area contributed by atoms with Crippen LogP contribution in [0.5, 0.6) is 0 Å². The molecule has 5 nitrogen and oxygen atoms in total. The van der Waals surface area contributed by atoms with E-state index < -0.39 is 11.9 Å². The monoisotopic (exact) mass is 355 g/mol. The van der Waals surface area contributed by atoms with Gasteiger partial charge in [0, 0.05) is 6.54 Å². The molecule has 0 unspecified atom stereocenters. The van der Waals surface area contributed by atoms with Crippen LogP contribution in [0.2, 0.25) is 0 Å². The lowest BCUT2D eigenvalue weighted by Crippen LogP contribution is -2.46. The van der Waals surface area contributed by atoms with Crippen LogP contribution < -0.4 is 5.73 Å². The number of rotatable bonds is 3. The number of hydrogen-bond acceptors (Lipinski definition) is 4. The number of nitrogens with two attached hydrogens (primary N) is 1. The Bertz CT molecular complexity index is 889. The Morgan fingerprint density at radius 1 is 1.28 bits per heavy atom. The topological polar surface area (TPSA) is 76.3 Å². The van der Waals surface area contributed by atoms with Gasteiger partial charge in [-0.3, -0.25) is 9.59 Å². The minimum Gasteiger partial charge on any atom is -0.368 e. The first-order chi connectivity index (χ1) is 11.9. The minimum atomic E-state index is -0.480. The number of fused-ring (bicyclic) bond motifs is 1. The average Bonchev–Trinajstić information content (AvgIpc) is 3.02. The molecule has 2 N–H and O–H groups in total. The van der Waals surface area contributed by atoms with Gasteiger partial charge in [-0.2, -0.15) is 0 Å². The van der Waals surface area contributed by atoms with Crippen LogP contribution in [-0.4, -0.2) is 34.3 Å². The van der Waals surface area contributed by atoms with Crippen molar-refractivity contribution >= 4 is 23.2 Å². The van der Waals surface area contributed by atoms with E-state index in [0.717, 1.165) is 27.4 Å². The van der Waals surface area contributed by atoms with Crippen LogP contribution in [0.15, 0.2) is 18.2 Å². The van der Waals surface area contributed by atoms with Crippen LogP contribution in [0.1, 0.15) is 33.0 Å². The number of likely N-dealkylation sites (tertiary alicyclic amines) is 1. The van der Waals surface area contributed by atoms with Gasteiger partial charge in [0.25, 0.3) is 5.91 Å². The van der Waals surface area contributed by atoms with Gasteiger partial charge in [-0.15, -0.1) is 11.3 Å². The number of aromatic nitrogens is 1. The second-order valence-corrected chi connectivity index (χ2v) is 8.40. The zero-order chi connectivity index (χ0) is 17.9. The van der Waals surface area contributed by atoms with E-state index in [0.29, 0.717) is 18.2 Å². The SMILES string of the molecule is Cc1ccc(-c2sc(C)nc2C(=O)N2C[C@@H]3C[C@@H]3[C@H]2C(N)=O)c(C)c1. The van der Waals surface area contributed by atoms with Crippen LogP contribution in [0.4, 0.5) is 0 Å². The van der Waals surface area contributed by atoms with E-state index in [1.807, 2.05) is 26.0 Å². The molecular weight excluding hydrogens is 334 g/mol. The quantitative estimate of drug-likeness (QED) is 0.920. The number of nitrogens with zero attached hydrogens (tertiary/aromatic N) is 2. The lowest BCUT2D eigenvalue weighted by molar-refractivity contribution is -0.122. The predicted molar refractivity (Wildman–Crippen MR) is 97.4 cm³/mol. The number of piperidine rings is 1. The minimum absolute atomic E-state index is 0.171. The molecule has 4 rings (SSSR count). The van der Waals surface area contributed by atoms with E-state index in [9.17, 15) is 9.59 Å². The Labute approximate surface area is 150 Å². The highest BCUT2D eigenvalue weighted by Gasteiger charge is 2.56. The standard InChI is InChI=1S/C19H21N3O2S/c1-9-4-5-13(10(2)6-9)17-15(21-11(3)25-17)19(24)22-8-12-7-14(12)16(22)18(20)23/h4-6,12,14,16H,7-8H2,1-3H3,(H2,20,23)/t12-,14-,16-/m0/s1. The molecule has 2 aliphatic rings. The summed E-state index contributed by atoms with van der Waals surface area (Å²) >= 11 is 1.52. The summed E-state index contributed by atoms with van der Waals surface area (Å²) in [6.45, 7) is 6.61. The molecular formula is C19H21N3O2S. The van der Waals surface area contributed by atoms with Crippen molar-refractivity contribution in [3.05, 3.63) is 40.0 Å². The summed E-state index contributed by atoms with van der Waals surface area (Å²) in [5.74, 6) is 0.0881. The third-order valence-corrected chi connectivity index (χ3v) is 6.27. The van der Waals surface area contributed by atoms with Crippen molar-refractivity contribution in [1.29, 1.82) is 0 Å². The predicted octanol–water partition coefficient (Wildman–Crippen LogP) is 2.68. The molecule has 1 saturated heterocycles. The van der Waals surface area contributed by atoms with Crippen molar-refractivity contribution in [3.63, 3.8) is 0 Å². The second-order valence-electron chi connectivity index (χ2n) is 7.19. The number of amides is 2. The van der Waals surface area contributed by atoms with Crippen molar-refractivity contribution in [2.75, 3.05) is 6.54 Å². The van der Waals surface area contributed by atoms with Crippen molar-refractivity contribution in [1.82, 2.24) is 9.88 Å². The molecule has 0 spiro atoms. The van der Waals surface area contributed by atoms with Crippen molar-refractivity contribution < 1.29 is 9.59 Å². The molecule has 2 aromatic rings. The Balaban J connectivity index is 1.74. The molecule has 130 valence electrons. The summed E-state index contributed by atoms with van der Waals surface area (Å²) in [5.41, 5.74) is 9.34. The highest BCUT2D eigenvalue weighted by atomic mass is 32.1. The van der Waals surface area contributed by atoms with Gasteiger partial charge in [-0.05, 0) is 50.2 Å². The third-order valence-electron chi connectivity index (χ3n) is 5.27. The third kappa shape index (κ3) is 2.65. The second kappa shape index (κ2) is 5.66. The maximum atomic E-state index is 13.2. The highest BCUT2D eigenvalue weighted by molar-refractivity contribution is 7.15. The number of carbonyl (C=O) groups excluding carboxylic acids is 2. The van der Waals surface area contributed by atoms with Crippen molar-refractivity contribution in [3.8, 4) is 10.4 Å². The molecule has 1 saturated carbocycles. The molecule has 1 aliphatic carbocycles. The first kappa shape index (κ1) is 16.3. The van der Waals surface area contributed by atoms with Crippen LogP contribution in [0.25, 0.3) is 10.4 Å². The maximum absolute atomic E-state index is 13.2. The Morgan fingerprint density at radius 2 is 2.04 bits per heavy atom. The molecule has 3 atom stereocenters. The number of carbonyl (C=O) groups is 2. The average molecular weight is 355 g/mol. The number of aryl methyl sites for hydroxylation is 3. The molecule has 2 fully saturated rings. The van der Waals surface area contributed by atoms with Crippen LogP contribution >= 0.6 is 11.3 Å². The fraction of sp³-hybridized carbons (Fsp3) is 0.421. The van der Waals surface area contributed by atoms with E-state index in [1.165, 1.54) is 16.9 Å². The normalized spacial score (nSPS) is 24.3. The number of primary amides is 1. The Kier molecular flexibility index (Phi) is 3.68. The van der Waals surface area contributed by atoms with Crippen LogP contribution in [0, 0.1) is 32.6 Å². The fourth-order valence-electron chi connectivity index (χ4n) is 4.00. The van der Waals surface area contributed by atoms with Gasteiger partial charge in [0.1, 0.15) is 11.7 Å². The van der Waals surface area contributed by atoms with E-state index in [2.05, 4.69) is 18.0 Å². The van der Waals surface area contributed by atoms with Gasteiger partial charge in [0.15, 0.2) is 0 Å². The summed E-state index contributed by atoms with van der Waals surface area (Å²) in [5, 5.41) is 0.846. The molecule has 0 radical (unpaired) electrons. The summed E-state index contributed by atoms with van der Waals surface area (Å²) in [6, 6.07) is 5.71. The molecule has 2 heterocycles. The molecule has 1 aliphatic heterocycles. The number of hydrogen-bond donors (Lipinski definition) is 1. The van der Waals surface area contributed by atoms with Gasteiger partial charge in [-0.1, -0.05) is 23.8 Å². The smallest absolute Gasteiger partial charge is 0.274 e. The molecule has 2 amide bonds. The van der Waals surface area contributed by atoms with Gasteiger partial charge >= 0.3 is 0 Å². The number of thiazole rings is 1. The zero-order valence-electron chi connectivity index (χ0n) is 14.6. The van der Waals surface area contributed by atoms with E-state index in [1.54, 1.807) is 4.90 Å². The summed E-state index contributed by atoms with van der Waals surface area (Å²) in [4.78, 5) is 32.0. The van der Waals surface area contributed by atoms with Gasteiger partial charge in [-0.25, -0.2) is 4.98 Å². The van der Waals surface area contributed by atoms with Gasteiger partial charge in [0.2, 0.25) is 5.91 Å². The van der Waals surface area contributed by atoms with E-state index in [-0.39, 0.29) is 11.8 Å². The molecule has 6 heteroatoms. The lowest BCUT2D eigenvalue weighted by Gasteiger charge is -2.24. The summed E-state index contributed by atoms with van der Waals surface area (Å²) in [7, 11) is 0. The largest absolute Gasteiger partial charge is 0.368 e. The van der Waals surface area contributed by atoms with Crippen molar-refractivity contribution in [2.45, 2.75) is 33.2 Å². The molecule has 25 heavy (non-hydrogen) atoms. The van der Waals surface area contributed by atoms with Gasteiger partial charge < -0.3 is 10.6 Å². The highest BCUT2D eigenvalue weighted by Crippen LogP contribution is 2.50. The van der Waals surface area contributed by atoms with E-state index >= 15 is 0 Å². The number of benzene rings is 1. The Morgan fingerprint density at radius 3 is 2.72 bits per heavy atom. The van der Waals surface area contributed by atoms with E-state index in [4.69, 9.17) is 5.73 Å². The summed E-state index contributed by atoms with van der Waals surface area (Å²) < 4.78 is 0. The maximum Gasteiger partial charge on any atom is 0.274 e. The lowest BCUT2D eigenvalue weighted by atomic mass is 10.0. The molecule has 1 aromatic carbocycles.